The van der Waals surface area contributed by atoms with Gasteiger partial charge in [-0.2, -0.15) is 0 Å². The number of rotatable bonds is 8. The zero-order valence-corrected chi connectivity index (χ0v) is 21.5. The van der Waals surface area contributed by atoms with E-state index in [1.54, 1.807) is 7.11 Å². The van der Waals surface area contributed by atoms with Crippen molar-refractivity contribution in [2.24, 2.45) is 5.41 Å². The molecule has 2 heterocycles. The highest BCUT2D eigenvalue weighted by molar-refractivity contribution is 6.04. The van der Waals surface area contributed by atoms with E-state index in [0.717, 1.165) is 36.9 Å². The summed E-state index contributed by atoms with van der Waals surface area (Å²) >= 11 is 0. The molecule has 3 aliphatic rings. The van der Waals surface area contributed by atoms with Gasteiger partial charge in [0.05, 0.1) is 25.4 Å². The van der Waals surface area contributed by atoms with Gasteiger partial charge in [-0.25, -0.2) is 4.79 Å². The third-order valence-electron chi connectivity index (χ3n) is 6.87. The number of ether oxygens (including phenoxy) is 4. The summed E-state index contributed by atoms with van der Waals surface area (Å²) in [7, 11) is 1.59. The van der Waals surface area contributed by atoms with Crippen molar-refractivity contribution >= 4 is 11.8 Å². The summed E-state index contributed by atoms with van der Waals surface area (Å²) in [5.41, 5.74) is 3.34. The summed E-state index contributed by atoms with van der Waals surface area (Å²) in [4.78, 5) is 26.9. The second-order valence-electron chi connectivity index (χ2n) is 10.4. The van der Waals surface area contributed by atoms with Crippen molar-refractivity contribution in [2.45, 2.75) is 71.8 Å². The first kappa shape index (κ1) is 25.3. The lowest BCUT2D eigenvalue weighted by Crippen LogP contribution is -2.39. The first-order chi connectivity index (χ1) is 16.7. The fourth-order valence-electron chi connectivity index (χ4n) is 5.26. The average molecular weight is 484 g/mol. The molecule has 2 aliphatic heterocycles. The number of ketones is 1. The highest BCUT2D eigenvalue weighted by atomic mass is 16.6. The summed E-state index contributed by atoms with van der Waals surface area (Å²) in [5, 5.41) is 3.38. The molecule has 35 heavy (non-hydrogen) atoms. The number of methoxy groups -OCH3 is 1. The topological polar surface area (TPSA) is 83.1 Å². The van der Waals surface area contributed by atoms with Crippen LogP contribution < -0.4 is 14.8 Å². The van der Waals surface area contributed by atoms with Gasteiger partial charge in [-0.1, -0.05) is 26.8 Å². The quantitative estimate of drug-likeness (QED) is 0.531. The van der Waals surface area contributed by atoms with Crippen LogP contribution in [0.4, 0.5) is 0 Å². The molecular weight excluding hydrogens is 446 g/mol. The number of dihydropyridines is 1. The van der Waals surface area contributed by atoms with Crippen LogP contribution in [0.15, 0.2) is 40.7 Å². The van der Waals surface area contributed by atoms with Gasteiger partial charge in [-0.3, -0.25) is 4.79 Å². The second-order valence-corrected chi connectivity index (χ2v) is 10.4. The Labute approximate surface area is 207 Å². The Morgan fingerprint density at radius 2 is 2.03 bits per heavy atom. The van der Waals surface area contributed by atoms with Gasteiger partial charge in [-0.15, -0.1) is 0 Å². The number of carbonyl (C=O) groups is 2. The van der Waals surface area contributed by atoms with E-state index in [2.05, 4.69) is 19.2 Å². The molecule has 4 rings (SSSR count). The largest absolute Gasteiger partial charge is 0.493 e. The maximum Gasteiger partial charge on any atom is 0.336 e. The van der Waals surface area contributed by atoms with E-state index in [-0.39, 0.29) is 23.9 Å². The number of benzene rings is 1. The summed E-state index contributed by atoms with van der Waals surface area (Å²) in [5.74, 6) is 0.299. The normalized spacial score (nSPS) is 23.6. The van der Waals surface area contributed by atoms with E-state index < -0.39 is 11.9 Å². The molecule has 0 bridgehead atoms. The molecule has 7 heteroatoms. The molecule has 1 aliphatic carbocycles. The first-order valence-corrected chi connectivity index (χ1v) is 12.6. The first-order valence-electron chi connectivity index (χ1n) is 12.6. The smallest absolute Gasteiger partial charge is 0.336 e. The van der Waals surface area contributed by atoms with Crippen LogP contribution >= 0.6 is 0 Å². The molecule has 1 saturated heterocycles. The molecule has 2 atom stereocenters. The van der Waals surface area contributed by atoms with Crippen molar-refractivity contribution in [3.63, 3.8) is 0 Å². The van der Waals surface area contributed by atoms with Gasteiger partial charge in [-0.05, 0) is 55.7 Å². The van der Waals surface area contributed by atoms with E-state index in [4.69, 9.17) is 18.9 Å². The predicted molar refractivity (Wildman–Crippen MR) is 132 cm³/mol. The predicted octanol–water partition coefficient (Wildman–Crippen LogP) is 4.81. The summed E-state index contributed by atoms with van der Waals surface area (Å²) in [6, 6.07) is 5.65. The molecule has 0 saturated carbocycles. The van der Waals surface area contributed by atoms with Crippen molar-refractivity contribution in [3.8, 4) is 11.5 Å². The number of allylic oxidation sites excluding steroid dienone is 3. The average Bonchev–Trinajstić information content (AvgIpc) is 3.33. The van der Waals surface area contributed by atoms with Crippen LogP contribution in [0.3, 0.4) is 0 Å². The fourth-order valence-corrected chi connectivity index (χ4v) is 5.26. The number of carbonyl (C=O) groups excluding carboxylic acids is 2. The van der Waals surface area contributed by atoms with Crippen molar-refractivity contribution < 1.29 is 28.5 Å². The zero-order chi connectivity index (χ0) is 25.2. The summed E-state index contributed by atoms with van der Waals surface area (Å²) in [6.07, 6.45) is 3.82. The van der Waals surface area contributed by atoms with Crippen LogP contribution in [0, 0.1) is 5.41 Å². The monoisotopic (exact) mass is 483 g/mol. The van der Waals surface area contributed by atoms with Crippen molar-refractivity contribution in [1.82, 2.24) is 5.32 Å². The van der Waals surface area contributed by atoms with Crippen molar-refractivity contribution in [2.75, 3.05) is 26.9 Å². The number of hydrogen-bond acceptors (Lipinski definition) is 7. The van der Waals surface area contributed by atoms with Crippen LogP contribution in [0.1, 0.15) is 71.3 Å². The van der Waals surface area contributed by atoms with Crippen LogP contribution in [0.5, 0.6) is 11.5 Å². The van der Waals surface area contributed by atoms with Gasteiger partial charge in [0, 0.05) is 35.9 Å². The van der Waals surface area contributed by atoms with Crippen LogP contribution in [-0.4, -0.2) is 44.8 Å². The Morgan fingerprint density at radius 1 is 1.23 bits per heavy atom. The molecule has 0 aromatic heterocycles. The van der Waals surface area contributed by atoms with E-state index in [1.165, 1.54) is 0 Å². The van der Waals surface area contributed by atoms with Gasteiger partial charge in [0.1, 0.15) is 6.61 Å². The third kappa shape index (κ3) is 5.40. The van der Waals surface area contributed by atoms with Crippen molar-refractivity contribution in [1.29, 1.82) is 0 Å². The maximum atomic E-state index is 13.5. The molecule has 0 spiro atoms. The van der Waals surface area contributed by atoms with Gasteiger partial charge in [0.2, 0.25) is 0 Å². The minimum absolute atomic E-state index is 0.0518. The van der Waals surface area contributed by atoms with Gasteiger partial charge < -0.3 is 24.3 Å². The van der Waals surface area contributed by atoms with Crippen LogP contribution in [-0.2, 0) is 19.1 Å². The summed E-state index contributed by atoms with van der Waals surface area (Å²) in [6.45, 7) is 9.59. The fraction of sp³-hybridized carbons (Fsp3) is 0.571. The van der Waals surface area contributed by atoms with Crippen LogP contribution in [0.2, 0.25) is 0 Å². The Kier molecular flexibility index (Phi) is 7.55. The molecule has 0 unspecified atom stereocenters. The number of nitrogens with one attached hydrogen (secondary N) is 1. The highest BCUT2D eigenvalue weighted by Gasteiger charge is 2.43. The SMILES string of the molecule is CCCOc1ccc([C@H]2C(C(=O)OC[C@@H]3CCCO3)=C(C)NC3=C2C(=O)CC(C)(C)C3)cc1OC. The Bertz CT molecular complexity index is 1050. The van der Waals surface area contributed by atoms with Crippen molar-refractivity contribution in [3.05, 3.63) is 46.3 Å². The number of esters is 1. The zero-order valence-electron chi connectivity index (χ0n) is 21.5. The lowest BCUT2D eigenvalue weighted by molar-refractivity contribution is -0.142. The highest BCUT2D eigenvalue weighted by Crippen LogP contribution is 2.48. The standard InChI is InChI=1S/C28H37NO6/c1-6-11-34-22-10-9-18(13-23(22)32-5)25-24(27(31)35-16-19-8-7-12-33-19)17(2)29-20-14-28(3,4)15-21(30)26(20)25/h9-10,13,19,25,29H,6-8,11-12,14-16H2,1-5H3/t19-,25-/m0/s1. The minimum atomic E-state index is -0.541. The van der Waals surface area contributed by atoms with Gasteiger partial charge in [0.15, 0.2) is 17.3 Å². The number of Topliss-reactive ketones (excluding diaryl/α,β-unsaturated/α-hetero) is 1. The molecule has 0 amide bonds. The second kappa shape index (κ2) is 10.4. The molecule has 7 nitrogen and oxygen atoms in total. The lowest BCUT2D eigenvalue weighted by atomic mass is 9.68. The number of hydrogen-bond donors (Lipinski definition) is 1. The molecule has 1 aromatic rings. The molecular formula is C28H37NO6. The third-order valence-corrected chi connectivity index (χ3v) is 6.87. The van der Waals surface area contributed by atoms with E-state index >= 15 is 0 Å². The Morgan fingerprint density at radius 3 is 2.71 bits per heavy atom. The van der Waals surface area contributed by atoms with Gasteiger partial charge >= 0.3 is 5.97 Å². The molecule has 1 aromatic carbocycles. The van der Waals surface area contributed by atoms with Crippen LogP contribution in [0.25, 0.3) is 0 Å². The Balaban J connectivity index is 1.74. The maximum absolute atomic E-state index is 13.5. The minimum Gasteiger partial charge on any atom is -0.493 e. The molecule has 1 fully saturated rings. The van der Waals surface area contributed by atoms with E-state index in [0.29, 0.717) is 48.0 Å². The molecule has 0 radical (unpaired) electrons. The van der Waals surface area contributed by atoms with Gasteiger partial charge in [0.25, 0.3) is 0 Å². The Hall–Kier alpha value is -2.80. The lowest BCUT2D eigenvalue weighted by Gasteiger charge is -2.39. The summed E-state index contributed by atoms with van der Waals surface area (Å²) < 4.78 is 22.8. The van der Waals surface area contributed by atoms with E-state index in [1.807, 2.05) is 32.0 Å². The molecule has 190 valence electrons. The van der Waals surface area contributed by atoms with E-state index in [9.17, 15) is 9.59 Å². The molecule has 1 N–H and O–H groups in total.